The molecule has 0 aliphatic heterocycles. The van der Waals surface area contributed by atoms with Gasteiger partial charge in [-0.15, -0.1) is 9.05 Å². The first-order valence-electron chi connectivity index (χ1n) is 0.836. The third kappa shape index (κ3) is 88.4. The zero-order valence-corrected chi connectivity index (χ0v) is 5.55. The molecule has 6 heavy (non-hydrogen) atoms. The van der Waals surface area contributed by atoms with Gasteiger partial charge in [-0.05, 0) is 0 Å². The van der Waals surface area contributed by atoms with Crippen LogP contribution in [-0.4, -0.2) is 13.8 Å². The molecule has 0 spiro atoms. The van der Waals surface area contributed by atoms with Crippen LogP contribution in [0.15, 0.2) is 0 Å². The summed E-state index contributed by atoms with van der Waals surface area (Å²) in [4.78, 5) is 33.1. The first kappa shape index (κ1) is 10.0. The third-order valence-electron chi connectivity index (χ3n) is 0. The zero-order chi connectivity index (χ0) is 4.50. The van der Waals surface area contributed by atoms with Crippen molar-refractivity contribution in [2.24, 2.45) is 0 Å². The molecule has 0 atom stereocenters. The van der Waals surface area contributed by atoms with Crippen molar-refractivity contribution in [3.8, 4) is 0 Å². The van der Waals surface area contributed by atoms with E-state index < -0.39 is 9.05 Å². The fourth-order valence-corrected chi connectivity index (χ4v) is 0. The van der Waals surface area contributed by atoms with E-state index in [1.807, 2.05) is 0 Å². The first-order valence-corrected chi connectivity index (χ1v) is 2.51. The van der Waals surface area contributed by atoms with Gasteiger partial charge in [-0.2, -0.15) is 0 Å². The molecule has 0 aromatic rings. The predicted molar refractivity (Wildman–Crippen MR) is 7.97 cm³/mol. The van der Waals surface area contributed by atoms with Crippen LogP contribution >= 0.6 is 0 Å². The Hall–Kier alpha value is 0.927. The van der Waals surface area contributed by atoms with Gasteiger partial charge in [-0.3, -0.25) is 0 Å². The largest absolute Gasteiger partial charge is 3.00 e. The molecule has 0 bridgehead atoms. The van der Waals surface area contributed by atoms with E-state index in [0.29, 0.717) is 0 Å². The van der Waals surface area contributed by atoms with Crippen molar-refractivity contribution in [1.82, 2.24) is 0 Å². The summed E-state index contributed by atoms with van der Waals surface area (Å²) in [6, 6.07) is 0. The maximum absolute atomic E-state index is 8.69. The minimum Gasteiger partial charge on any atom is -0.861 e. The second-order valence-corrected chi connectivity index (χ2v) is 1.57. The molecular weight excluding hydrogens is 137 g/mol. The SMILES string of the molecule is [O-][Si]([O-])([O-])O.[Sc+3]. The molecule has 0 radical (unpaired) electrons. The van der Waals surface area contributed by atoms with Crippen LogP contribution in [0, 0.1) is 0 Å². The van der Waals surface area contributed by atoms with Gasteiger partial charge >= 0.3 is 25.8 Å². The number of hydrogen-bond donors (Lipinski definition) is 1. The molecule has 0 aromatic carbocycles. The quantitative estimate of drug-likeness (QED) is 0.341. The molecule has 4 nitrogen and oxygen atoms in total. The van der Waals surface area contributed by atoms with Crippen LogP contribution in [-0.2, 0) is 25.8 Å². The Morgan fingerprint density at radius 1 is 1.17 bits per heavy atom. The van der Waals surface area contributed by atoms with Gasteiger partial charge < -0.3 is 19.2 Å². The van der Waals surface area contributed by atoms with E-state index in [1.165, 1.54) is 0 Å². The Bertz CT molecular complexity index is 23.0. The minimum atomic E-state index is -5.36. The van der Waals surface area contributed by atoms with E-state index in [0.717, 1.165) is 0 Å². The maximum atomic E-state index is 8.69. The summed E-state index contributed by atoms with van der Waals surface area (Å²) < 4.78 is 0. The summed E-state index contributed by atoms with van der Waals surface area (Å²) in [5.41, 5.74) is 0. The van der Waals surface area contributed by atoms with Gasteiger partial charge in [0.05, 0.1) is 0 Å². The normalized spacial score (nSPS) is 10.0. The molecule has 0 rings (SSSR count). The molecule has 1 N–H and O–H groups in total. The number of rotatable bonds is 0. The van der Waals surface area contributed by atoms with Crippen LogP contribution < -0.4 is 14.4 Å². The first-order chi connectivity index (χ1) is 2.00. The summed E-state index contributed by atoms with van der Waals surface area (Å²) in [7, 11) is -5.36. The zero-order valence-electron chi connectivity index (χ0n) is 2.75. The van der Waals surface area contributed by atoms with E-state index in [2.05, 4.69) is 0 Å². The fourth-order valence-electron chi connectivity index (χ4n) is 0. The molecule has 32 valence electrons. The van der Waals surface area contributed by atoms with Crippen LogP contribution in [0.2, 0.25) is 0 Å². The topological polar surface area (TPSA) is 89.4 Å². The van der Waals surface area contributed by atoms with Crippen molar-refractivity contribution in [1.29, 1.82) is 0 Å². The van der Waals surface area contributed by atoms with Gasteiger partial charge in [-0.25, -0.2) is 0 Å². The van der Waals surface area contributed by atoms with Gasteiger partial charge in [0, 0.05) is 0 Å². The van der Waals surface area contributed by atoms with Crippen LogP contribution in [0.25, 0.3) is 0 Å². The van der Waals surface area contributed by atoms with Crippen molar-refractivity contribution in [3.05, 3.63) is 0 Å². The van der Waals surface area contributed by atoms with Crippen LogP contribution in [0.4, 0.5) is 0 Å². The summed E-state index contributed by atoms with van der Waals surface area (Å²) in [5, 5.41) is 0. The van der Waals surface area contributed by atoms with E-state index in [1.54, 1.807) is 0 Å². The maximum Gasteiger partial charge on any atom is 3.00 e. The van der Waals surface area contributed by atoms with Crippen molar-refractivity contribution >= 4 is 9.05 Å². The van der Waals surface area contributed by atoms with Crippen molar-refractivity contribution < 1.29 is 45.0 Å². The second-order valence-electron chi connectivity index (χ2n) is 0.524. The van der Waals surface area contributed by atoms with Gasteiger partial charge in [-0.1, -0.05) is 0 Å². The van der Waals surface area contributed by atoms with Gasteiger partial charge in [0.1, 0.15) is 0 Å². The molecular formula is HO4ScSi. The Balaban J connectivity index is 0. The van der Waals surface area contributed by atoms with E-state index in [-0.39, 0.29) is 25.8 Å². The molecule has 0 fully saturated rings. The van der Waals surface area contributed by atoms with Crippen LogP contribution in [0.3, 0.4) is 0 Å². The molecule has 6 heteroatoms. The van der Waals surface area contributed by atoms with Crippen LogP contribution in [0.1, 0.15) is 0 Å². The monoisotopic (exact) mass is 138 g/mol. The smallest absolute Gasteiger partial charge is 0.861 e. The molecule has 0 saturated carbocycles. The second kappa shape index (κ2) is 3.00. The number of hydrogen-bond acceptors (Lipinski definition) is 4. The molecule has 0 unspecified atom stereocenters. The Morgan fingerprint density at radius 2 is 1.17 bits per heavy atom. The van der Waals surface area contributed by atoms with Gasteiger partial charge in [0.25, 0.3) is 0 Å². The molecule has 0 aliphatic rings. The Morgan fingerprint density at radius 3 is 1.17 bits per heavy atom. The van der Waals surface area contributed by atoms with Gasteiger partial charge in [0.2, 0.25) is 0 Å². The van der Waals surface area contributed by atoms with Crippen LogP contribution in [0.5, 0.6) is 0 Å². The summed E-state index contributed by atoms with van der Waals surface area (Å²) in [6.07, 6.45) is 0. The van der Waals surface area contributed by atoms with Crippen molar-refractivity contribution in [3.63, 3.8) is 0 Å². The van der Waals surface area contributed by atoms with E-state index in [9.17, 15) is 0 Å². The third-order valence-corrected chi connectivity index (χ3v) is 0. The average molecular weight is 138 g/mol. The van der Waals surface area contributed by atoms with Gasteiger partial charge in [0.15, 0.2) is 0 Å². The summed E-state index contributed by atoms with van der Waals surface area (Å²) >= 11 is 0. The van der Waals surface area contributed by atoms with E-state index in [4.69, 9.17) is 19.2 Å². The molecule has 0 amide bonds. The molecule has 0 aliphatic carbocycles. The molecule has 0 saturated heterocycles. The summed E-state index contributed by atoms with van der Waals surface area (Å²) in [5.74, 6) is 0. The predicted octanol–water partition coefficient (Wildman–Crippen LogP) is -4.51. The van der Waals surface area contributed by atoms with Crippen molar-refractivity contribution in [2.75, 3.05) is 0 Å². The Kier molecular flexibility index (Phi) is 5.01. The molecule has 0 heterocycles. The average Bonchev–Trinajstić information content (AvgIpc) is 0.722. The standard InChI is InChI=1S/HO4Si.Sc/c1-5(2,3)4;/h1H;/q-3;+3. The fraction of sp³-hybridized carbons (Fsp3) is 0. The van der Waals surface area contributed by atoms with E-state index >= 15 is 0 Å². The molecule has 0 aromatic heterocycles. The minimum absolute atomic E-state index is 0. The summed E-state index contributed by atoms with van der Waals surface area (Å²) in [6.45, 7) is 0. The Labute approximate surface area is 54.3 Å². The van der Waals surface area contributed by atoms with Crippen molar-refractivity contribution in [2.45, 2.75) is 0 Å².